The molecule has 0 bridgehead atoms. The molecule has 1 fully saturated rings. The molecule has 4 nitrogen and oxygen atoms in total. The maximum Gasteiger partial charge on any atom is 0.440 e. The molecule has 1 saturated heterocycles. The Morgan fingerprint density at radius 3 is 2.35 bits per heavy atom. The van der Waals surface area contributed by atoms with Crippen molar-refractivity contribution in [3.05, 3.63) is 93.9 Å². The normalized spacial score (nSPS) is 16.7. The topological polar surface area (TPSA) is 32.8 Å². The summed E-state index contributed by atoms with van der Waals surface area (Å²) in [5.74, 6) is 0. The zero-order valence-electron chi connectivity index (χ0n) is 13.5. The number of nitrogens with zero attached hydrogens (tertiary/aromatic N) is 2. The van der Waals surface area contributed by atoms with Gasteiger partial charge in [-0.25, -0.2) is 9.69 Å². The Hall–Kier alpha value is -2.50. The van der Waals surface area contributed by atoms with Crippen molar-refractivity contribution in [2.24, 2.45) is 0 Å². The number of hydroxylamine groups is 1. The van der Waals surface area contributed by atoms with Crippen LogP contribution >= 0.6 is 27.5 Å². The lowest BCUT2D eigenvalue weighted by Gasteiger charge is -2.27. The highest BCUT2D eigenvalue weighted by Crippen LogP contribution is 2.40. The molecule has 3 aromatic rings. The van der Waals surface area contributed by atoms with Crippen molar-refractivity contribution >= 4 is 45.0 Å². The molecule has 6 heteroatoms. The van der Waals surface area contributed by atoms with Gasteiger partial charge in [-0.3, -0.25) is 0 Å². The van der Waals surface area contributed by atoms with Crippen LogP contribution in [0.2, 0.25) is 5.02 Å². The number of rotatable bonds is 3. The first-order chi connectivity index (χ1) is 12.6. The summed E-state index contributed by atoms with van der Waals surface area (Å²) in [6, 6.07) is 24.5. The van der Waals surface area contributed by atoms with Crippen molar-refractivity contribution in [2.75, 3.05) is 9.96 Å². The first-order valence-corrected chi connectivity index (χ1v) is 9.17. The summed E-state index contributed by atoms with van der Waals surface area (Å²) >= 11 is 9.65. The van der Waals surface area contributed by atoms with Gasteiger partial charge in [0.2, 0.25) is 0 Å². The number of hydrogen-bond donors (Lipinski definition) is 0. The second-order valence-electron chi connectivity index (χ2n) is 5.80. The fourth-order valence-electron chi connectivity index (χ4n) is 2.98. The van der Waals surface area contributed by atoms with E-state index in [-0.39, 0.29) is 0 Å². The van der Waals surface area contributed by atoms with Crippen LogP contribution in [-0.4, -0.2) is 6.09 Å². The summed E-state index contributed by atoms with van der Waals surface area (Å²) in [7, 11) is 0. The summed E-state index contributed by atoms with van der Waals surface area (Å²) in [4.78, 5) is 20.0. The van der Waals surface area contributed by atoms with Crippen LogP contribution in [0.4, 0.5) is 16.2 Å². The van der Waals surface area contributed by atoms with Gasteiger partial charge >= 0.3 is 6.09 Å². The highest BCUT2D eigenvalue weighted by molar-refractivity contribution is 9.10. The third-order valence-corrected chi connectivity index (χ3v) is 4.81. The van der Waals surface area contributed by atoms with E-state index in [0.717, 1.165) is 15.7 Å². The number of para-hydroxylation sites is 1. The van der Waals surface area contributed by atoms with Crippen LogP contribution < -0.4 is 9.96 Å². The molecule has 1 amide bonds. The lowest BCUT2D eigenvalue weighted by molar-refractivity contribution is 0.164. The standard InChI is InChI=1S/C20H14BrClN2O2/c21-15-7-4-6-14(12-15)19-23(18-11-5-8-16(22)13-18)20(25)26-24(19)17-9-2-1-3-10-17/h1-13,19H. The Bertz CT molecular complexity index is 951. The van der Waals surface area contributed by atoms with E-state index in [0.29, 0.717) is 10.7 Å². The number of amides is 1. The molecule has 1 atom stereocenters. The first-order valence-electron chi connectivity index (χ1n) is 8.00. The largest absolute Gasteiger partial charge is 0.440 e. The van der Waals surface area contributed by atoms with Crippen LogP contribution in [0.15, 0.2) is 83.3 Å². The zero-order chi connectivity index (χ0) is 18.1. The van der Waals surface area contributed by atoms with E-state index in [1.54, 1.807) is 22.1 Å². The van der Waals surface area contributed by atoms with Crippen LogP contribution in [0.5, 0.6) is 0 Å². The Balaban J connectivity index is 1.85. The Labute approximate surface area is 164 Å². The van der Waals surface area contributed by atoms with Crippen molar-refractivity contribution in [1.82, 2.24) is 0 Å². The van der Waals surface area contributed by atoms with E-state index in [1.807, 2.05) is 66.7 Å². The van der Waals surface area contributed by atoms with Gasteiger partial charge in [0, 0.05) is 9.50 Å². The third-order valence-electron chi connectivity index (χ3n) is 4.08. The molecule has 1 unspecified atom stereocenters. The van der Waals surface area contributed by atoms with E-state index in [9.17, 15) is 4.79 Å². The minimum absolute atomic E-state index is 0.457. The number of benzene rings is 3. The fourth-order valence-corrected chi connectivity index (χ4v) is 3.58. The summed E-state index contributed by atoms with van der Waals surface area (Å²) in [5, 5.41) is 2.17. The molecule has 0 N–H and O–H groups in total. The van der Waals surface area contributed by atoms with Crippen LogP contribution in [0.25, 0.3) is 0 Å². The van der Waals surface area contributed by atoms with Gasteiger partial charge in [0.1, 0.15) is 0 Å². The molecule has 130 valence electrons. The molecule has 0 spiro atoms. The molecule has 26 heavy (non-hydrogen) atoms. The average Bonchev–Trinajstić information content (AvgIpc) is 3.00. The summed E-state index contributed by atoms with van der Waals surface area (Å²) in [5.41, 5.74) is 2.37. The van der Waals surface area contributed by atoms with Gasteiger partial charge in [-0.05, 0) is 48.0 Å². The second-order valence-corrected chi connectivity index (χ2v) is 7.15. The number of hydrogen-bond acceptors (Lipinski definition) is 3. The van der Waals surface area contributed by atoms with E-state index in [1.165, 1.54) is 0 Å². The van der Waals surface area contributed by atoms with Crippen molar-refractivity contribution in [3.8, 4) is 0 Å². The Morgan fingerprint density at radius 1 is 0.885 bits per heavy atom. The molecular weight excluding hydrogens is 416 g/mol. The fraction of sp³-hybridized carbons (Fsp3) is 0.0500. The molecule has 4 rings (SSSR count). The second kappa shape index (κ2) is 7.02. The van der Waals surface area contributed by atoms with Gasteiger partial charge in [-0.15, -0.1) is 0 Å². The van der Waals surface area contributed by atoms with Gasteiger partial charge in [0.15, 0.2) is 6.17 Å². The maximum absolute atomic E-state index is 12.7. The highest BCUT2D eigenvalue weighted by atomic mass is 79.9. The first kappa shape index (κ1) is 16.9. The minimum atomic E-state index is -0.458. The van der Waals surface area contributed by atoms with E-state index in [4.69, 9.17) is 16.4 Å². The van der Waals surface area contributed by atoms with E-state index < -0.39 is 12.3 Å². The number of anilines is 2. The van der Waals surface area contributed by atoms with Crippen LogP contribution in [-0.2, 0) is 4.84 Å². The lowest BCUT2D eigenvalue weighted by atomic mass is 10.1. The van der Waals surface area contributed by atoms with Crippen LogP contribution in [0.3, 0.4) is 0 Å². The van der Waals surface area contributed by atoms with Crippen molar-refractivity contribution in [3.63, 3.8) is 0 Å². The van der Waals surface area contributed by atoms with Gasteiger partial charge in [0.25, 0.3) is 0 Å². The molecule has 0 aliphatic carbocycles. The SMILES string of the molecule is O=C1ON(c2ccccc2)C(c2cccc(Br)c2)N1c1cccc(Cl)c1. The highest BCUT2D eigenvalue weighted by Gasteiger charge is 2.42. The molecule has 3 aromatic carbocycles. The molecule has 0 saturated carbocycles. The van der Waals surface area contributed by atoms with Crippen molar-refractivity contribution in [1.29, 1.82) is 0 Å². The summed E-state index contributed by atoms with van der Waals surface area (Å²) in [6.45, 7) is 0. The molecule has 0 radical (unpaired) electrons. The van der Waals surface area contributed by atoms with Crippen molar-refractivity contribution in [2.45, 2.75) is 6.17 Å². The minimum Gasteiger partial charge on any atom is -0.319 e. The van der Waals surface area contributed by atoms with Gasteiger partial charge in [-0.1, -0.05) is 63.9 Å². The predicted octanol–water partition coefficient (Wildman–Crippen LogP) is 6.18. The van der Waals surface area contributed by atoms with E-state index >= 15 is 0 Å². The van der Waals surface area contributed by atoms with Gasteiger partial charge in [0.05, 0.1) is 11.4 Å². The number of carbonyl (C=O) groups is 1. The van der Waals surface area contributed by atoms with Crippen LogP contribution in [0.1, 0.15) is 11.7 Å². The summed E-state index contributed by atoms with van der Waals surface area (Å²) in [6.07, 6.45) is -0.915. The predicted molar refractivity (Wildman–Crippen MR) is 106 cm³/mol. The van der Waals surface area contributed by atoms with Crippen molar-refractivity contribution < 1.29 is 9.63 Å². The summed E-state index contributed by atoms with van der Waals surface area (Å²) < 4.78 is 0.924. The molecule has 0 aromatic heterocycles. The monoisotopic (exact) mass is 428 g/mol. The third kappa shape index (κ3) is 3.16. The van der Waals surface area contributed by atoms with Gasteiger partial charge in [-0.2, -0.15) is 5.06 Å². The molecule has 1 aliphatic rings. The zero-order valence-corrected chi connectivity index (χ0v) is 15.9. The van der Waals surface area contributed by atoms with Gasteiger partial charge < -0.3 is 4.84 Å². The Morgan fingerprint density at radius 2 is 1.62 bits per heavy atom. The quantitative estimate of drug-likeness (QED) is 0.498. The maximum atomic E-state index is 12.7. The van der Waals surface area contributed by atoms with Crippen LogP contribution in [0, 0.1) is 0 Å². The van der Waals surface area contributed by atoms with E-state index in [2.05, 4.69) is 15.9 Å². The number of carbonyl (C=O) groups excluding carboxylic acids is 1. The number of halogens is 2. The molecule has 1 heterocycles. The smallest absolute Gasteiger partial charge is 0.319 e. The average molecular weight is 430 g/mol. The molecule has 1 aliphatic heterocycles. The lowest BCUT2D eigenvalue weighted by Crippen LogP contribution is -2.31. The molecular formula is C20H14BrClN2O2. The Kier molecular flexibility index (Phi) is 4.57.